The Bertz CT molecular complexity index is 1570. The summed E-state index contributed by atoms with van der Waals surface area (Å²) < 4.78 is 2.16. The van der Waals surface area contributed by atoms with Crippen LogP contribution in [0.5, 0.6) is 0 Å². The second-order valence-electron chi connectivity index (χ2n) is 7.86. The lowest BCUT2D eigenvalue weighted by Gasteiger charge is -2.25. The minimum Gasteiger partial charge on any atom is -0.322 e. The highest BCUT2D eigenvalue weighted by Crippen LogP contribution is 2.31. The Morgan fingerprint density at radius 3 is 2.32 bits per heavy atom. The number of allylic oxidation sites excluding steroid dienone is 1. The smallest absolute Gasteiger partial charge is 0.271 e. The average Bonchev–Trinajstić information content (AvgIpc) is 3.14. The number of aromatic nitrogens is 1. The Labute approximate surface area is 205 Å². The van der Waals surface area contributed by atoms with Crippen LogP contribution in [0.2, 0.25) is 5.02 Å². The maximum Gasteiger partial charge on any atom is 0.271 e. The third-order valence-electron chi connectivity index (χ3n) is 5.58. The number of hydrogen-bond donors (Lipinski definition) is 1. The molecule has 2 heterocycles. The number of anilines is 1. The topological polar surface area (TPSA) is 63.5 Å². The first-order valence-electron chi connectivity index (χ1n) is 10.7. The van der Waals surface area contributed by atoms with E-state index < -0.39 is 6.04 Å². The number of nitrogens with zero attached hydrogens (tertiary/aromatic N) is 2. The molecule has 0 aliphatic carbocycles. The number of amides is 1. The maximum atomic E-state index is 13.6. The van der Waals surface area contributed by atoms with E-state index in [4.69, 9.17) is 11.6 Å². The van der Waals surface area contributed by atoms with Crippen molar-refractivity contribution < 1.29 is 4.79 Å². The molecule has 0 radical (unpaired) electrons. The van der Waals surface area contributed by atoms with Gasteiger partial charge >= 0.3 is 0 Å². The van der Waals surface area contributed by atoms with Crippen molar-refractivity contribution >= 4 is 40.6 Å². The van der Waals surface area contributed by atoms with Crippen LogP contribution in [0.3, 0.4) is 0 Å². The lowest BCUT2D eigenvalue weighted by molar-refractivity contribution is -0.113. The molecule has 0 bridgehead atoms. The van der Waals surface area contributed by atoms with Gasteiger partial charge in [-0.2, -0.15) is 0 Å². The van der Waals surface area contributed by atoms with Crippen molar-refractivity contribution in [1.82, 2.24) is 4.57 Å². The summed E-state index contributed by atoms with van der Waals surface area (Å²) in [6, 6.07) is 25.5. The predicted octanol–water partition coefficient (Wildman–Crippen LogP) is 4.53. The molecular weight excluding hydrogens is 466 g/mol. The normalized spacial score (nSPS) is 15.6. The first-order chi connectivity index (χ1) is 16.5. The summed E-state index contributed by atoms with van der Waals surface area (Å²) in [4.78, 5) is 32.3. The molecule has 1 aliphatic rings. The molecule has 1 atom stereocenters. The number of halogens is 1. The van der Waals surface area contributed by atoms with Crippen LogP contribution in [-0.2, 0) is 4.79 Å². The third-order valence-corrected chi connectivity index (χ3v) is 6.82. The van der Waals surface area contributed by atoms with Gasteiger partial charge in [0.25, 0.3) is 11.5 Å². The van der Waals surface area contributed by atoms with Crippen molar-refractivity contribution in [3.63, 3.8) is 0 Å². The number of benzene rings is 3. The van der Waals surface area contributed by atoms with Crippen LogP contribution in [0.4, 0.5) is 5.69 Å². The van der Waals surface area contributed by atoms with Gasteiger partial charge in [0.05, 0.1) is 21.8 Å². The predicted molar refractivity (Wildman–Crippen MR) is 137 cm³/mol. The van der Waals surface area contributed by atoms with Gasteiger partial charge in [-0.25, -0.2) is 4.99 Å². The van der Waals surface area contributed by atoms with E-state index >= 15 is 0 Å². The van der Waals surface area contributed by atoms with E-state index in [9.17, 15) is 9.59 Å². The molecule has 3 aromatic carbocycles. The lowest BCUT2D eigenvalue weighted by Crippen LogP contribution is -2.40. The highest BCUT2D eigenvalue weighted by molar-refractivity contribution is 7.07. The van der Waals surface area contributed by atoms with Crippen molar-refractivity contribution in [2.24, 2.45) is 4.99 Å². The molecule has 0 saturated carbocycles. The van der Waals surface area contributed by atoms with Crippen molar-refractivity contribution in [1.29, 1.82) is 0 Å². The fourth-order valence-corrected chi connectivity index (χ4v) is 5.17. The van der Waals surface area contributed by atoms with Gasteiger partial charge in [0.2, 0.25) is 0 Å². The molecule has 1 amide bonds. The number of nitrogens with one attached hydrogen (secondary N) is 1. The Balaban J connectivity index is 1.68. The number of thiazole rings is 1. The zero-order valence-corrected chi connectivity index (χ0v) is 19.8. The van der Waals surface area contributed by atoms with Gasteiger partial charge in [0.1, 0.15) is 0 Å². The molecule has 1 unspecified atom stereocenters. The number of carbonyl (C=O) groups excluding carboxylic acids is 1. The van der Waals surface area contributed by atoms with Crippen LogP contribution >= 0.6 is 22.9 Å². The van der Waals surface area contributed by atoms with E-state index in [0.29, 0.717) is 31.3 Å². The third kappa shape index (κ3) is 4.25. The van der Waals surface area contributed by atoms with Crippen LogP contribution in [-0.4, -0.2) is 10.5 Å². The van der Waals surface area contributed by atoms with Crippen molar-refractivity contribution in [3.8, 4) is 0 Å². The highest BCUT2D eigenvalue weighted by atomic mass is 35.5. The standard InChI is InChI=1S/C27H20ClN3O2S/c1-17-23(25(32)30-21-10-6-3-7-11-21)24(19-12-14-20(28)15-13-19)31-26(33)22(34-27(31)29-17)16-18-8-4-2-5-9-18/h2-16,24H,1H3,(H,30,32)/b22-16-. The molecule has 4 aromatic rings. The number of rotatable bonds is 4. The summed E-state index contributed by atoms with van der Waals surface area (Å²) in [5, 5.41) is 3.53. The lowest BCUT2D eigenvalue weighted by atomic mass is 9.95. The monoisotopic (exact) mass is 485 g/mol. The van der Waals surface area contributed by atoms with Gasteiger partial charge in [-0.3, -0.25) is 14.2 Å². The zero-order chi connectivity index (χ0) is 23.7. The van der Waals surface area contributed by atoms with E-state index in [1.165, 1.54) is 11.3 Å². The van der Waals surface area contributed by atoms with Gasteiger partial charge < -0.3 is 5.32 Å². The Morgan fingerprint density at radius 2 is 1.65 bits per heavy atom. The van der Waals surface area contributed by atoms with Gasteiger partial charge in [-0.15, -0.1) is 0 Å². The van der Waals surface area contributed by atoms with E-state index in [1.807, 2.05) is 78.9 Å². The molecule has 5 rings (SSSR count). The summed E-state index contributed by atoms with van der Waals surface area (Å²) in [5.41, 5.74) is 3.18. The summed E-state index contributed by atoms with van der Waals surface area (Å²) in [5.74, 6) is -0.301. The molecule has 1 N–H and O–H groups in total. The van der Waals surface area contributed by atoms with Gasteiger partial charge in [-0.1, -0.05) is 83.6 Å². The largest absolute Gasteiger partial charge is 0.322 e. The Kier molecular flexibility index (Phi) is 6.01. The minimum atomic E-state index is -0.629. The molecule has 34 heavy (non-hydrogen) atoms. The maximum absolute atomic E-state index is 13.6. The summed E-state index contributed by atoms with van der Waals surface area (Å²) in [7, 11) is 0. The fraction of sp³-hybridized carbons (Fsp3) is 0.0741. The van der Waals surface area contributed by atoms with Crippen molar-refractivity contribution in [3.05, 3.63) is 132 Å². The average molecular weight is 486 g/mol. The molecule has 5 nitrogen and oxygen atoms in total. The van der Waals surface area contributed by atoms with Crippen molar-refractivity contribution in [2.75, 3.05) is 5.32 Å². The zero-order valence-electron chi connectivity index (χ0n) is 18.2. The second kappa shape index (κ2) is 9.25. The number of hydrogen-bond acceptors (Lipinski definition) is 4. The fourth-order valence-electron chi connectivity index (χ4n) is 3.99. The molecule has 0 saturated heterocycles. The Hall–Kier alpha value is -3.74. The van der Waals surface area contributed by atoms with E-state index in [1.54, 1.807) is 23.6 Å². The first kappa shape index (κ1) is 22.1. The molecule has 0 spiro atoms. The van der Waals surface area contributed by atoms with Crippen LogP contribution in [0.1, 0.15) is 24.1 Å². The highest BCUT2D eigenvalue weighted by Gasteiger charge is 2.32. The van der Waals surface area contributed by atoms with E-state index in [-0.39, 0.29) is 11.5 Å². The molecule has 7 heteroatoms. The molecule has 1 aromatic heterocycles. The van der Waals surface area contributed by atoms with Gasteiger partial charge in [0, 0.05) is 10.7 Å². The van der Waals surface area contributed by atoms with Crippen LogP contribution in [0, 0.1) is 0 Å². The number of fused-ring (bicyclic) bond motifs is 1. The minimum absolute atomic E-state index is 0.190. The van der Waals surface area contributed by atoms with Crippen LogP contribution in [0.15, 0.2) is 106 Å². The molecule has 0 fully saturated rings. The SMILES string of the molecule is CC1=C(C(=O)Nc2ccccc2)C(c2ccc(Cl)cc2)n2c(s/c(=C\c3ccccc3)c2=O)=N1. The van der Waals surface area contributed by atoms with E-state index in [2.05, 4.69) is 10.3 Å². The summed E-state index contributed by atoms with van der Waals surface area (Å²) in [6.45, 7) is 1.80. The quantitative estimate of drug-likeness (QED) is 0.461. The van der Waals surface area contributed by atoms with Crippen LogP contribution < -0.4 is 20.2 Å². The summed E-state index contributed by atoms with van der Waals surface area (Å²) >= 11 is 7.45. The molecular formula is C27H20ClN3O2S. The number of para-hydroxylation sites is 1. The van der Waals surface area contributed by atoms with E-state index in [0.717, 1.165) is 11.1 Å². The van der Waals surface area contributed by atoms with Gasteiger partial charge in [0.15, 0.2) is 4.80 Å². The second-order valence-corrected chi connectivity index (χ2v) is 9.31. The van der Waals surface area contributed by atoms with Crippen LogP contribution in [0.25, 0.3) is 6.08 Å². The molecule has 168 valence electrons. The molecule has 1 aliphatic heterocycles. The summed E-state index contributed by atoms with van der Waals surface area (Å²) in [6.07, 6.45) is 1.85. The van der Waals surface area contributed by atoms with Crippen molar-refractivity contribution in [2.45, 2.75) is 13.0 Å². The first-order valence-corrected chi connectivity index (χ1v) is 11.9. The van der Waals surface area contributed by atoms with Gasteiger partial charge in [-0.05, 0) is 48.4 Å². The Morgan fingerprint density at radius 1 is 1.00 bits per heavy atom. The number of carbonyl (C=O) groups is 1.